The summed E-state index contributed by atoms with van der Waals surface area (Å²) in [5.74, 6) is -3.82. The number of nitrogens with one attached hydrogen (secondary N) is 8. The molecule has 2 heterocycles. The van der Waals surface area contributed by atoms with Gasteiger partial charge in [0.2, 0.25) is 35.4 Å². The van der Waals surface area contributed by atoms with E-state index in [2.05, 4.69) is 66.8 Å². The van der Waals surface area contributed by atoms with Gasteiger partial charge in [0.25, 0.3) is 0 Å². The molecule has 0 aromatic heterocycles. The Bertz CT molecular complexity index is 2280. The molecule has 1 aliphatic carbocycles. The van der Waals surface area contributed by atoms with Crippen LogP contribution in [0.5, 0.6) is 0 Å². The van der Waals surface area contributed by atoms with Crippen molar-refractivity contribution in [1.29, 1.82) is 0 Å². The van der Waals surface area contributed by atoms with Crippen molar-refractivity contribution in [3.8, 4) is 11.1 Å². The summed E-state index contributed by atoms with van der Waals surface area (Å²) in [6, 6.07) is 15.4. The molecule has 0 bridgehead atoms. The minimum absolute atomic E-state index is 0.00871. The summed E-state index contributed by atoms with van der Waals surface area (Å²) in [6.45, 7) is 8.81. The van der Waals surface area contributed by atoms with Crippen LogP contribution in [0.15, 0.2) is 48.5 Å². The number of hydrogen-bond donors (Lipinski definition) is 8. The van der Waals surface area contributed by atoms with Crippen LogP contribution in [0.3, 0.4) is 0 Å². The molecule has 0 saturated carbocycles. The van der Waals surface area contributed by atoms with E-state index in [0.717, 1.165) is 11.1 Å². The Labute approximate surface area is 476 Å². The van der Waals surface area contributed by atoms with Crippen LogP contribution in [0.25, 0.3) is 11.1 Å². The second kappa shape index (κ2) is 37.5. The average Bonchev–Trinajstić information content (AvgIpc) is 4.34. The first-order chi connectivity index (χ1) is 39.7. The van der Waals surface area contributed by atoms with E-state index in [1.807, 2.05) is 24.3 Å². The van der Waals surface area contributed by atoms with Crippen LogP contribution in [0.4, 0.5) is 9.59 Å². The number of alkyl carbamates (subject to hydrolysis) is 2. The van der Waals surface area contributed by atoms with Gasteiger partial charge in [0.05, 0.1) is 157 Å². The van der Waals surface area contributed by atoms with Crippen molar-refractivity contribution in [3.63, 3.8) is 0 Å². The van der Waals surface area contributed by atoms with Gasteiger partial charge in [0.1, 0.15) is 31.0 Å². The fraction of sp³-hybridized carbons (Fsp3) is 0.630. The summed E-state index contributed by atoms with van der Waals surface area (Å²) in [7, 11) is 0. The Morgan fingerprint density at radius 3 is 1.23 bits per heavy atom. The lowest BCUT2D eigenvalue weighted by molar-refractivity contribution is -0.130. The van der Waals surface area contributed by atoms with E-state index < -0.39 is 110 Å². The van der Waals surface area contributed by atoms with E-state index in [1.54, 1.807) is 20.8 Å². The molecule has 82 heavy (non-hydrogen) atoms. The molecule has 2 aromatic carbocycles. The van der Waals surface area contributed by atoms with Crippen molar-refractivity contribution in [2.75, 3.05) is 165 Å². The van der Waals surface area contributed by atoms with Crippen molar-refractivity contribution in [1.82, 2.24) is 42.5 Å². The quantitative estimate of drug-likeness (QED) is 0.0349. The van der Waals surface area contributed by atoms with Gasteiger partial charge < -0.3 is 99.4 Å². The standard InChI is InChI=1S/C54H80N8O20/c1-54(2,3)82-53(70)62-43-35-80-50-42(34-79-51(43)50)61-48(67)32-59-46(65)30-57-44(63)28-56-45(64)29-58-47(66)31-60-49(68)36-78-27-26-77-25-24-76-23-22-75-21-20-74-19-18-73-17-16-72-15-14-71-13-12-55-52(69)81-33-41-39-10-6-4-8-37(39)38-9-5-7-11-40(38)41/h4-11,41-43,50-51H,12-36H2,1-3H3,(H,55,69)(H,56,64)(H,57,63)(H,58,66)(H,59,65)(H,60,68)(H,61,67)(H,62,70)/t42-,43-,50+,51+/m0/s1. The zero-order valence-corrected chi connectivity index (χ0v) is 46.8. The fourth-order valence-electron chi connectivity index (χ4n) is 8.24. The van der Waals surface area contributed by atoms with Crippen LogP contribution in [0.1, 0.15) is 37.8 Å². The largest absolute Gasteiger partial charge is 0.449 e. The van der Waals surface area contributed by atoms with E-state index >= 15 is 0 Å². The third-order valence-corrected chi connectivity index (χ3v) is 12.0. The molecular formula is C54H80N8O20. The summed E-state index contributed by atoms with van der Waals surface area (Å²) >= 11 is 0. The van der Waals surface area contributed by atoms with Crippen molar-refractivity contribution in [2.24, 2.45) is 0 Å². The van der Waals surface area contributed by atoms with Crippen LogP contribution in [0.2, 0.25) is 0 Å². The number of rotatable bonds is 40. The van der Waals surface area contributed by atoms with Crippen molar-refractivity contribution >= 4 is 47.6 Å². The van der Waals surface area contributed by atoms with Crippen LogP contribution < -0.4 is 42.5 Å². The molecule has 2 aromatic rings. The molecule has 4 atom stereocenters. The summed E-state index contributed by atoms with van der Waals surface area (Å²) in [6.07, 6.45) is -2.10. The van der Waals surface area contributed by atoms with Gasteiger partial charge in [0, 0.05) is 12.5 Å². The van der Waals surface area contributed by atoms with E-state index in [9.17, 15) is 38.4 Å². The Morgan fingerprint density at radius 2 is 0.805 bits per heavy atom. The second-order valence-electron chi connectivity index (χ2n) is 19.5. The monoisotopic (exact) mass is 1160 g/mol. The number of fused-ring (bicyclic) bond motifs is 4. The zero-order valence-electron chi connectivity index (χ0n) is 46.8. The summed E-state index contributed by atoms with van der Waals surface area (Å²) in [5, 5.41) is 19.8. The Morgan fingerprint density at radius 1 is 0.439 bits per heavy atom. The lowest BCUT2D eigenvalue weighted by Gasteiger charge is -2.23. The molecule has 0 radical (unpaired) electrons. The second-order valence-corrected chi connectivity index (χ2v) is 19.5. The number of ether oxygens (including phenoxy) is 12. The first kappa shape index (κ1) is 66.2. The summed E-state index contributed by atoms with van der Waals surface area (Å²) < 4.78 is 65.9. The lowest BCUT2D eigenvalue weighted by atomic mass is 9.98. The van der Waals surface area contributed by atoms with E-state index in [0.29, 0.717) is 92.4 Å². The van der Waals surface area contributed by atoms with Gasteiger partial charge in [0.15, 0.2) is 0 Å². The average molecular weight is 1160 g/mol. The highest BCUT2D eigenvalue weighted by atomic mass is 16.6. The predicted molar refractivity (Wildman–Crippen MR) is 289 cm³/mol. The molecule has 28 nitrogen and oxygen atoms in total. The SMILES string of the molecule is CC(C)(C)OC(=O)N[C@H]1CO[C@H]2[C@@H]1OC[C@@H]2NC(=O)CNC(=O)CNC(=O)CNC(=O)CNC(=O)CNC(=O)COCCOCCOCCOCCOCCOCCOCCOCCNC(=O)OCC1c2ccccc2-c2ccccc21. The van der Waals surface area contributed by atoms with Gasteiger partial charge in [-0.15, -0.1) is 0 Å². The maximum atomic E-state index is 12.5. The van der Waals surface area contributed by atoms with Crippen LogP contribution in [-0.2, 0) is 85.6 Å². The fourth-order valence-corrected chi connectivity index (χ4v) is 8.24. The Kier molecular flexibility index (Phi) is 30.3. The predicted octanol–water partition coefficient (Wildman–Crippen LogP) is -1.59. The van der Waals surface area contributed by atoms with Crippen LogP contribution >= 0.6 is 0 Å². The lowest BCUT2D eigenvalue weighted by Crippen LogP contribution is -2.50. The highest BCUT2D eigenvalue weighted by molar-refractivity contribution is 5.92. The van der Waals surface area contributed by atoms with Crippen LogP contribution in [-0.4, -0.2) is 242 Å². The first-order valence-corrected chi connectivity index (χ1v) is 27.2. The summed E-state index contributed by atoms with van der Waals surface area (Å²) in [4.78, 5) is 97.4. The molecule has 2 fully saturated rings. The number of carbonyl (C=O) groups excluding carboxylic acids is 8. The van der Waals surface area contributed by atoms with Crippen molar-refractivity contribution in [2.45, 2.75) is 56.6 Å². The highest BCUT2D eigenvalue weighted by Crippen LogP contribution is 2.44. The molecular weight excluding hydrogens is 1080 g/mol. The highest BCUT2D eigenvalue weighted by Gasteiger charge is 2.49. The maximum Gasteiger partial charge on any atom is 0.408 e. The molecule has 456 valence electrons. The molecule has 28 heteroatoms. The normalized spacial score (nSPS) is 16.9. The molecule has 0 spiro atoms. The Hall–Kier alpha value is -6.60. The maximum absolute atomic E-state index is 12.5. The smallest absolute Gasteiger partial charge is 0.408 e. The van der Waals surface area contributed by atoms with Crippen molar-refractivity contribution < 1.29 is 95.2 Å². The van der Waals surface area contributed by atoms with E-state index in [1.165, 1.54) is 11.1 Å². The van der Waals surface area contributed by atoms with Gasteiger partial charge in [-0.3, -0.25) is 28.8 Å². The Balaban J connectivity index is 0.698. The summed E-state index contributed by atoms with van der Waals surface area (Å²) in [5.41, 5.74) is 4.01. The van der Waals surface area contributed by atoms with Gasteiger partial charge in [-0.2, -0.15) is 0 Å². The topological polar surface area (TPSA) is 344 Å². The first-order valence-electron chi connectivity index (χ1n) is 27.2. The number of amides is 8. The molecule has 3 aliphatic rings. The number of hydrogen-bond acceptors (Lipinski definition) is 20. The molecule has 8 amide bonds. The van der Waals surface area contributed by atoms with Gasteiger partial charge in [-0.05, 0) is 43.0 Å². The van der Waals surface area contributed by atoms with Crippen LogP contribution in [0, 0.1) is 0 Å². The van der Waals surface area contributed by atoms with E-state index in [4.69, 9.17) is 56.8 Å². The van der Waals surface area contributed by atoms with Gasteiger partial charge in [-0.1, -0.05) is 48.5 Å². The molecule has 0 unspecified atom stereocenters. The third kappa shape index (κ3) is 26.1. The third-order valence-electron chi connectivity index (χ3n) is 12.0. The minimum Gasteiger partial charge on any atom is -0.449 e. The van der Waals surface area contributed by atoms with Crippen molar-refractivity contribution in [3.05, 3.63) is 59.7 Å². The van der Waals surface area contributed by atoms with E-state index in [-0.39, 0.29) is 45.6 Å². The molecule has 5 rings (SSSR count). The number of benzene rings is 2. The molecule has 8 N–H and O–H groups in total. The minimum atomic E-state index is -0.704. The van der Waals surface area contributed by atoms with Gasteiger partial charge >= 0.3 is 12.2 Å². The zero-order chi connectivity index (χ0) is 58.8. The number of carbonyl (C=O) groups is 8. The van der Waals surface area contributed by atoms with Gasteiger partial charge in [-0.25, -0.2) is 9.59 Å². The molecule has 2 saturated heterocycles. The molecule has 2 aliphatic heterocycles.